The summed E-state index contributed by atoms with van der Waals surface area (Å²) in [6, 6.07) is 13.1. The third-order valence-corrected chi connectivity index (χ3v) is 5.19. The number of rotatable bonds is 2. The number of furan rings is 1. The fourth-order valence-electron chi connectivity index (χ4n) is 3.75. The number of hydrogen-bond donors (Lipinski definition) is 0. The summed E-state index contributed by atoms with van der Waals surface area (Å²) in [4.78, 5) is 8.95. The Morgan fingerprint density at radius 2 is 1.60 bits per heavy atom. The van der Waals surface area contributed by atoms with Crippen LogP contribution in [0.15, 0.2) is 59.1 Å². The Morgan fingerprint density at radius 1 is 0.867 bits per heavy atom. The maximum Gasteiger partial charge on any atom is 0.227 e. The molecule has 3 aromatic heterocycles. The predicted octanol–water partition coefficient (Wildman–Crippen LogP) is 6.74. The maximum atomic E-state index is 13.9. The Morgan fingerprint density at radius 3 is 2.37 bits per heavy atom. The average Bonchev–Trinajstić information content (AvgIpc) is 3.09. The van der Waals surface area contributed by atoms with Gasteiger partial charge in [0.15, 0.2) is 17.5 Å². The highest BCUT2D eigenvalue weighted by Gasteiger charge is 2.20. The lowest BCUT2D eigenvalue weighted by Crippen LogP contribution is -1.96. The SMILES string of the molecule is Cc1ccc2c(n1)oc1c(-c3ncccc3-c3cc(F)c(F)c(F)c3)c(C)ccc12. The van der Waals surface area contributed by atoms with Gasteiger partial charge in [0.2, 0.25) is 5.71 Å². The van der Waals surface area contributed by atoms with Crippen molar-refractivity contribution in [1.29, 1.82) is 0 Å². The Hall–Kier alpha value is -3.67. The van der Waals surface area contributed by atoms with Crippen LogP contribution in [0.4, 0.5) is 13.2 Å². The molecule has 3 nitrogen and oxygen atoms in total. The molecule has 0 unspecified atom stereocenters. The highest BCUT2D eigenvalue weighted by molar-refractivity contribution is 6.10. The number of nitrogens with zero attached hydrogens (tertiary/aromatic N) is 2. The molecule has 148 valence electrons. The van der Waals surface area contributed by atoms with E-state index in [4.69, 9.17) is 4.42 Å². The van der Waals surface area contributed by atoms with Gasteiger partial charge in [-0.25, -0.2) is 18.2 Å². The van der Waals surface area contributed by atoms with Crippen LogP contribution >= 0.6 is 0 Å². The highest BCUT2D eigenvalue weighted by atomic mass is 19.2. The van der Waals surface area contributed by atoms with E-state index in [2.05, 4.69) is 9.97 Å². The summed E-state index contributed by atoms with van der Waals surface area (Å²) < 4.78 is 47.4. The maximum absolute atomic E-state index is 13.9. The molecule has 0 atom stereocenters. The van der Waals surface area contributed by atoms with Crippen LogP contribution in [0.1, 0.15) is 11.3 Å². The first-order valence-corrected chi connectivity index (χ1v) is 9.34. The van der Waals surface area contributed by atoms with Crippen molar-refractivity contribution in [2.45, 2.75) is 13.8 Å². The molecule has 5 aromatic rings. The molecule has 0 aliphatic carbocycles. The van der Waals surface area contributed by atoms with Gasteiger partial charge in [0.1, 0.15) is 5.58 Å². The minimum absolute atomic E-state index is 0.191. The second-order valence-electron chi connectivity index (χ2n) is 7.19. The number of aryl methyl sites for hydroxylation is 2. The standard InChI is InChI=1S/C24H15F3N2O/c1-12-5-7-16-17-8-6-13(2)29-24(17)30-23(16)20(12)22-15(4-3-9-28-22)14-10-18(25)21(27)19(26)11-14/h3-11H,1-2H3. The molecule has 6 heteroatoms. The zero-order chi connectivity index (χ0) is 21.0. The van der Waals surface area contributed by atoms with Gasteiger partial charge in [0.25, 0.3) is 0 Å². The van der Waals surface area contributed by atoms with Crippen molar-refractivity contribution in [3.05, 3.63) is 83.4 Å². The zero-order valence-corrected chi connectivity index (χ0v) is 16.1. The van der Waals surface area contributed by atoms with Gasteiger partial charge in [-0.3, -0.25) is 4.98 Å². The van der Waals surface area contributed by atoms with E-state index < -0.39 is 17.5 Å². The van der Waals surface area contributed by atoms with Gasteiger partial charge in [-0.05, 0) is 55.3 Å². The Labute approximate surface area is 169 Å². The normalized spacial score (nSPS) is 11.5. The fourth-order valence-corrected chi connectivity index (χ4v) is 3.75. The van der Waals surface area contributed by atoms with Gasteiger partial charge >= 0.3 is 0 Å². The molecule has 0 N–H and O–H groups in total. The predicted molar refractivity (Wildman–Crippen MR) is 110 cm³/mol. The number of benzene rings is 2. The van der Waals surface area contributed by atoms with E-state index in [1.165, 1.54) is 0 Å². The quantitative estimate of drug-likeness (QED) is 0.306. The van der Waals surface area contributed by atoms with Crippen LogP contribution in [0.5, 0.6) is 0 Å². The van der Waals surface area contributed by atoms with Crippen molar-refractivity contribution in [2.75, 3.05) is 0 Å². The van der Waals surface area contributed by atoms with Crippen molar-refractivity contribution in [3.63, 3.8) is 0 Å². The van der Waals surface area contributed by atoms with Crippen LogP contribution in [0.2, 0.25) is 0 Å². The van der Waals surface area contributed by atoms with E-state index >= 15 is 0 Å². The minimum Gasteiger partial charge on any atom is -0.437 e. The zero-order valence-electron chi connectivity index (χ0n) is 16.1. The third-order valence-electron chi connectivity index (χ3n) is 5.19. The van der Waals surface area contributed by atoms with E-state index in [0.29, 0.717) is 28.1 Å². The van der Waals surface area contributed by atoms with Crippen LogP contribution in [-0.4, -0.2) is 9.97 Å². The Bertz CT molecular complexity index is 1430. The van der Waals surface area contributed by atoms with Crippen LogP contribution < -0.4 is 0 Å². The first kappa shape index (κ1) is 18.4. The van der Waals surface area contributed by atoms with E-state index in [9.17, 15) is 13.2 Å². The minimum atomic E-state index is -1.50. The van der Waals surface area contributed by atoms with Gasteiger partial charge in [-0.15, -0.1) is 0 Å². The number of fused-ring (bicyclic) bond motifs is 3. The van der Waals surface area contributed by atoms with Gasteiger partial charge in [-0.2, -0.15) is 0 Å². The number of hydrogen-bond acceptors (Lipinski definition) is 3. The van der Waals surface area contributed by atoms with Gasteiger partial charge < -0.3 is 4.42 Å². The van der Waals surface area contributed by atoms with Crippen LogP contribution in [0, 0.1) is 31.3 Å². The summed E-state index contributed by atoms with van der Waals surface area (Å²) in [7, 11) is 0. The molecule has 0 radical (unpaired) electrons. The molecule has 0 saturated heterocycles. The second-order valence-corrected chi connectivity index (χ2v) is 7.19. The molecule has 3 heterocycles. The molecule has 0 saturated carbocycles. The molecule has 0 fully saturated rings. The smallest absolute Gasteiger partial charge is 0.227 e. The topological polar surface area (TPSA) is 38.9 Å². The number of aromatic nitrogens is 2. The summed E-state index contributed by atoms with van der Waals surface area (Å²) in [6.45, 7) is 3.79. The first-order chi connectivity index (χ1) is 14.4. The molecule has 0 amide bonds. The van der Waals surface area contributed by atoms with Gasteiger partial charge in [0.05, 0.1) is 5.69 Å². The third kappa shape index (κ3) is 2.76. The van der Waals surface area contributed by atoms with Crippen molar-refractivity contribution in [1.82, 2.24) is 9.97 Å². The molecule has 5 rings (SSSR count). The highest BCUT2D eigenvalue weighted by Crippen LogP contribution is 2.40. The molecule has 0 aliphatic heterocycles. The monoisotopic (exact) mass is 404 g/mol. The molecule has 0 bridgehead atoms. The summed E-state index contributed by atoms with van der Waals surface area (Å²) in [5.74, 6) is -4.00. The lowest BCUT2D eigenvalue weighted by molar-refractivity contribution is 0.448. The molecule has 0 spiro atoms. The summed E-state index contributed by atoms with van der Waals surface area (Å²) in [6.07, 6.45) is 1.60. The Kier molecular flexibility index (Phi) is 4.10. The Balaban J connectivity index is 1.84. The molecule has 2 aromatic carbocycles. The first-order valence-electron chi connectivity index (χ1n) is 9.34. The van der Waals surface area contributed by atoms with E-state index in [1.807, 2.05) is 38.1 Å². The van der Waals surface area contributed by atoms with E-state index in [1.54, 1.807) is 18.3 Å². The molecular weight excluding hydrogens is 389 g/mol. The van der Waals surface area contributed by atoms with Crippen molar-refractivity contribution < 1.29 is 17.6 Å². The largest absolute Gasteiger partial charge is 0.437 e. The van der Waals surface area contributed by atoms with Gasteiger partial charge in [-0.1, -0.05) is 18.2 Å². The van der Waals surface area contributed by atoms with E-state index in [0.717, 1.165) is 34.2 Å². The lowest BCUT2D eigenvalue weighted by atomic mass is 9.95. The number of halogens is 3. The van der Waals surface area contributed by atoms with Crippen molar-refractivity contribution in [3.8, 4) is 22.4 Å². The fraction of sp³-hybridized carbons (Fsp3) is 0.0833. The molecular formula is C24H15F3N2O. The summed E-state index contributed by atoms with van der Waals surface area (Å²) in [5.41, 5.74) is 4.65. The second kappa shape index (κ2) is 6.69. The molecule has 30 heavy (non-hydrogen) atoms. The average molecular weight is 404 g/mol. The lowest BCUT2D eigenvalue weighted by Gasteiger charge is -2.12. The summed E-state index contributed by atoms with van der Waals surface area (Å²) in [5, 5.41) is 1.74. The summed E-state index contributed by atoms with van der Waals surface area (Å²) >= 11 is 0. The number of pyridine rings is 2. The van der Waals surface area contributed by atoms with Gasteiger partial charge in [0, 0.05) is 33.8 Å². The molecule has 0 aliphatic rings. The van der Waals surface area contributed by atoms with Crippen molar-refractivity contribution in [2.24, 2.45) is 0 Å². The van der Waals surface area contributed by atoms with Crippen molar-refractivity contribution >= 4 is 22.1 Å². The van der Waals surface area contributed by atoms with Crippen LogP contribution in [0.25, 0.3) is 44.5 Å². The van der Waals surface area contributed by atoms with Crippen LogP contribution in [0.3, 0.4) is 0 Å². The van der Waals surface area contributed by atoms with E-state index in [-0.39, 0.29) is 5.56 Å². The van der Waals surface area contributed by atoms with Crippen LogP contribution in [-0.2, 0) is 0 Å².